The maximum Gasteiger partial charge on any atom is 0.234 e. The molecule has 1 saturated heterocycles. The first-order valence-electron chi connectivity index (χ1n) is 5.65. The molecule has 3 rings (SSSR count). The van der Waals surface area contributed by atoms with Gasteiger partial charge in [-0.05, 0) is 24.8 Å². The Morgan fingerprint density at radius 1 is 1.19 bits per heavy atom. The van der Waals surface area contributed by atoms with Crippen LogP contribution in [0, 0.1) is 5.41 Å². The molecule has 1 aliphatic heterocycles. The Kier molecular flexibility index (Phi) is 1.90. The molecule has 82 valence electrons. The van der Waals surface area contributed by atoms with E-state index in [4.69, 9.17) is 0 Å². The summed E-state index contributed by atoms with van der Waals surface area (Å²) < 4.78 is 0. The van der Waals surface area contributed by atoms with Gasteiger partial charge in [0.25, 0.3) is 0 Å². The van der Waals surface area contributed by atoms with Gasteiger partial charge in [0.2, 0.25) is 5.91 Å². The zero-order valence-electron chi connectivity index (χ0n) is 8.95. The first-order chi connectivity index (χ1) is 7.74. The number of piperidine rings is 1. The van der Waals surface area contributed by atoms with Crippen LogP contribution in [0.25, 0.3) is 0 Å². The summed E-state index contributed by atoms with van der Waals surface area (Å²) >= 11 is 0. The van der Waals surface area contributed by atoms with Gasteiger partial charge in [0, 0.05) is 12.1 Å². The lowest BCUT2D eigenvalue weighted by Gasteiger charge is -2.30. The molecule has 1 atom stereocenters. The van der Waals surface area contributed by atoms with Gasteiger partial charge >= 0.3 is 0 Å². The molecule has 3 heteroatoms. The van der Waals surface area contributed by atoms with Crippen LogP contribution in [-0.4, -0.2) is 18.2 Å². The minimum absolute atomic E-state index is 0.0142. The highest BCUT2D eigenvalue weighted by atomic mass is 16.2. The molecule has 0 aromatic heterocycles. The number of carbonyl (C=O) groups is 2. The van der Waals surface area contributed by atoms with Crippen LogP contribution in [0.3, 0.4) is 0 Å². The molecule has 1 aromatic carbocycles. The number of ketones is 1. The van der Waals surface area contributed by atoms with E-state index in [0.717, 1.165) is 17.5 Å². The first kappa shape index (κ1) is 9.58. The van der Waals surface area contributed by atoms with Crippen molar-refractivity contribution in [1.29, 1.82) is 0 Å². The molecule has 0 saturated carbocycles. The van der Waals surface area contributed by atoms with E-state index in [1.165, 1.54) is 0 Å². The summed E-state index contributed by atoms with van der Waals surface area (Å²) in [6.45, 7) is 0.699. The van der Waals surface area contributed by atoms with E-state index >= 15 is 0 Å². The normalized spacial score (nSPS) is 28.0. The SMILES string of the molecule is O=C1NCCC[C@]12Cc1ccccc1C2=O. The van der Waals surface area contributed by atoms with Crippen LogP contribution in [-0.2, 0) is 11.2 Å². The molecule has 1 aliphatic carbocycles. The van der Waals surface area contributed by atoms with Gasteiger partial charge in [0.05, 0.1) is 0 Å². The van der Waals surface area contributed by atoms with E-state index in [9.17, 15) is 9.59 Å². The molecule has 1 spiro atoms. The van der Waals surface area contributed by atoms with Gasteiger partial charge in [-0.1, -0.05) is 24.3 Å². The van der Waals surface area contributed by atoms with Crippen molar-refractivity contribution in [1.82, 2.24) is 5.32 Å². The van der Waals surface area contributed by atoms with Crippen molar-refractivity contribution in [2.45, 2.75) is 19.3 Å². The fraction of sp³-hybridized carbons (Fsp3) is 0.385. The van der Waals surface area contributed by atoms with E-state index in [1.807, 2.05) is 24.3 Å². The smallest absolute Gasteiger partial charge is 0.234 e. The number of rotatable bonds is 0. The van der Waals surface area contributed by atoms with Crippen LogP contribution < -0.4 is 5.32 Å². The fourth-order valence-electron chi connectivity index (χ4n) is 2.82. The monoisotopic (exact) mass is 215 g/mol. The van der Waals surface area contributed by atoms with E-state index in [-0.39, 0.29) is 11.7 Å². The van der Waals surface area contributed by atoms with Crippen LogP contribution in [0.4, 0.5) is 0 Å². The van der Waals surface area contributed by atoms with Gasteiger partial charge in [-0.2, -0.15) is 0 Å². The number of nitrogens with one attached hydrogen (secondary N) is 1. The highest BCUT2D eigenvalue weighted by Crippen LogP contribution is 2.41. The lowest BCUT2D eigenvalue weighted by molar-refractivity contribution is -0.130. The van der Waals surface area contributed by atoms with Crippen molar-refractivity contribution in [2.24, 2.45) is 5.41 Å². The molecule has 2 aliphatic rings. The second kappa shape index (κ2) is 3.17. The largest absolute Gasteiger partial charge is 0.355 e. The van der Waals surface area contributed by atoms with Crippen molar-refractivity contribution in [3.8, 4) is 0 Å². The summed E-state index contributed by atoms with van der Waals surface area (Å²) in [6, 6.07) is 7.56. The summed E-state index contributed by atoms with van der Waals surface area (Å²) in [5, 5.41) is 2.82. The quantitative estimate of drug-likeness (QED) is 0.663. The second-order valence-corrected chi connectivity index (χ2v) is 4.60. The molecule has 1 heterocycles. The zero-order chi connectivity index (χ0) is 11.2. The first-order valence-corrected chi connectivity index (χ1v) is 5.65. The number of hydrogen-bond acceptors (Lipinski definition) is 2. The number of fused-ring (bicyclic) bond motifs is 1. The van der Waals surface area contributed by atoms with Gasteiger partial charge in [-0.15, -0.1) is 0 Å². The Morgan fingerprint density at radius 2 is 2.00 bits per heavy atom. The Balaban J connectivity index is 2.08. The predicted molar refractivity (Wildman–Crippen MR) is 59.2 cm³/mol. The van der Waals surface area contributed by atoms with Crippen LogP contribution in [0.2, 0.25) is 0 Å². The third-order valence-corrected chi connectivity index (χ3v) is 3.69. The third kappa shape index (κ3) is 1.08. The average Bonchev–Trinajstić information content (AvgIpc) is 2.59. The molecule has 1 amide bonds. The highest BCUT2D eigenvalue weighted by Gasteiger charge is 2.51. The van der Waals surface area contributed by atoms with Crippen molar-refractivity contribution in [3.63, 3.8) is 0 Å². The maximum absolute atomic E-state index is 12.3. The number of carbonyl (C=O) groups excluding carboxylic acids is 2. The Morgan fingerprint density at radius 3 is 2.75 bits per heavy atom. The van der Waals surface area contributed by atoms with E-state index < -0.39 is 5.41 Å². The molecule has 16 heavy (non-hydrogen) atoms. The maximum atomic E-state index is 12.3. The number of amides is 1. The van der Waals surface area contributed by atoms with E-state index in [2.05, 4.69) is 5.32 Å². The van der Waals surface area contributed by atoms with Gasteiger partial charge in [-0.3, -0.25) is 9.59 Å². The van der Waals surface area contributed by atoms with Gasteiger partial charge < -0.3 is 5.32 Å². The third-order valence-electron chi connectivity index (χ3n) is 3.69. The van der Waals surface area contributed by atoms with Gasteiger partial charge in [-0.25, -0.2) is 0 Å². The summed E-state index contributed by atoms with van der Waals surface area (Å²) in [4.78, 5) is 24.3. The molecule has 0 unspecified atom stereocenters. The molecule has 1 fully saturated rings. The van der Waals surface area contributed by atoms with E-state index in [1.54, 1.807) is 0 Å². The number of benzene rings is 1. The van der Waals surface area contributed by atoms with Crippen LogP contribution in [0.1, 0.15) is 28.8 Å². The summed E-state index contributed by atoms with van der Waals surface area (Å²) in [5.41, 5.74) is 0.964. The topological polar surface area (TPSA) is 46.2 Å². The molecular formula is C13H13NO2. The molecule has 0 bridgehead atoms. The van der Waals surface area contributed by atoms with Crippen molar-refractivity contribution < 1.29 is 9.59 Å². The minimum atomic E-state index is -0.790. The number of Topliss-reactive ketones (excluding diaryl/α,β-unsaturated/α-hetero) is 1. The molecule has 1 aromatic rings. The number of hydrogen-bond donors (Lipinski definition) is 1. The molecule has 1 N–H and O–H groups in total. The Bertz CT molecular complexity index is 481. The summed E-state index contributed by atoms with van der Waals surface area (Å²) in [7, 11) is 0. The summed E-state index contributed by atoms with van der Waals surface area (Å²) in [5.74, 6) is -0.0692. The van der Waals surface area contributed by atoms with Gasteiger partial charge in [0.1, 0.15) is 5.41 Å². The van der Waals surface area contributed by atoms with Crippen LogP contribution in [0.15, 0.2) is 24.3 Å². The fourth-order valence-corrected chi connectivity index (χ4v) is 2.82. The van der Waals surface area contributed by atoms with Crippen LogP contribution in [0.5, 0.6) is 0 Å². The zero-order valence-corrected chi connectivity index (χ0v) is 8.95. The van der Waals surface area contributed by atoms with Crippen molar-refractivity contribution >= 4 is 11.7 Å². The average molecular weight is 215 g/mol. The predicted octanol–water partition coefficient (Wildman–Crippen LogP) is 1.32. The molecule has 3 nitrogen and oxygen atoms in total. The summed E-state index contributed by atoms with van der Waals surface area (Å²) in [6.07, 6.45) is 2.16. The Hall–Kier alpha value is -1.64. The highest BCUT2D eigenvalue weighted by molar-refractivity contribution is 6.17. The van der Waals surface area contributed by atoms with Crippen molar-refractivity contribution in [3.05, 3.63) is 35.4 Å². The van der Waals surface area contributed by atoms with E-state index in [0.29, 0.717) is 19.4 Å². The lowest BCUT2D eigenvalue weighted by atomic mass is 9.76. The second-order valence-electron chi connectivity index (χ2n) is 4.60. The molecular weight excluding hydrogens is 202 g/mol. The standard InChI is InChI=1S/C13H13NO2/c15-11-10-5-2-1-4-9(10)8-13(11)6-3-7-14-12(13)16/h1-2,4-5H,3,6-8H2,(H,14,16)/t13-/m1/s1. The minimum Gasteiger partial charge on any atom is -0.355 e. The lowest BCUT2D eigenvalue weighted by Crippen LogP contribution is -2.49. The van der Waals surface area contributed by atoms with Gasteiger partial charge in [0.15, 0.2) is 5.78 Å². The van der Waals surface area contributed by atoms with Crippen LogP contribution >= 0.6 is 0 Å². The molecule has 0 radical (unpaired) electrons. The Labute approximate surface area is 93.8 Å². The van der Waals surface area contributed by atoms with Crippen molar-refractivity contribution in [2.75, 3.05) is 6.54 Å².